The molecule has 21 heavy (non-hydrogen) atoms. The maximum absolute atomic E-state index is 12.4. The molecule has 0 N–H and O–H groups in total. The van der Waals surface area contributed by atoms with E-state index in [1.807, 2.05) is 6.07 Å². The topological polar surface area (TPSA) is 34.1 Å². The number of rotatable bonds is 5. The molecule has 2 aliphatic heterocycles. The Kier molecular flexibility index (Phi) is 4.89. The first kappa shape index (κ1) is 15.0. The third-order valence-electron chi connectivity index (χ3n) is 4.99. The fourth-order valence-electron chi connectivity index (χ4n) is 3.81. The van der Waals surface area contributed by atoms with Crippen LogP contribution in [0.1, 0.15) is 50.5 Å². The van der Waals surface area contributed by atoms with Crippen LogP contribution in [0.2, 0.25) is 0 Å². The molecule has 0 aliphatic carbocycles. The minimum Gasteiger partial charge on any atom is -0.299 e. The molecule has 1 aromatic rings. The van der Waals surface area contributed by atoms with Crippen LogP contribution in [0.15, 0.2) is 30.3 Å². The second-order valence-electron chi connectivity index (χ2n) is 6.48. The highest BCUT2D eigenvalue weighted by atomic mass is 32.2. The minimum absolute atomic E-state index is 0.189. The van der Waals surface area contributed by atoms with Crippen LogP contribution in [0.5, 0.6) is 0 Å². The van der Waals surface area contributed by atoms with Crippen molar-refractivity contribution in [1.82, 2.24) is 0 Å². The fraction of sp³-hybridized carbons (Fsp3) is 0.611. The summed E-state index contributed by atoms with van der Waals surface area (Å²) < 4.78 is 12.2. The maximum Gasteiger partial charge on any atom is 0.136 e. The van der Waals surface area contributed by atoms with Crippen molar-refractivity contribution in [3.05, 3.63) is 35.9 Å². The first-order valence-corrected chi connectivity index (χ1v) is 9.47. The number of hydrogen-bond donors (Lipinski definition) is 0. The fourth-order valence-corrected chi connectivity index (χ4v) is 6.00. The standard InChI is InChI=1S/C18H24O2S/c19-18(11-4-8-14-6-2-1-3-7-14)15-12-16-9-5-10-17(13-15)21(16)20/h1-3,6-7,15-17H,4-5,8-13H2. The van der Waals surface area contributed by atoms with Crippen molar-refractivity contribution in [3.8, 4) is 0 Å². The SMILES string of the molecule is O=C(CCCc1ccccc1)C1CC2CCCC(C1)S2=O. The van der Waals surface area contributed by atoms with Gasteiger partial charge in [-0.2, -0.15) is 0 Å². The molecule has 114 valence electrons. The van der Waals surface area contributed by atoms with Gasteiger partial charge in [-0.3, -0.25) is 9.00 Å². The van der Waals surface area contributed by atoms with E-state index in [2.05, 4.69) is 24.3 Å². The number of hydrogen-bond acceptors (Lipinski definition) is 2. The summed E-state index contributed by atoms with van der Waals surface area (Å²) in [4.78, 5) is 12.4. The second kappa shape index (κ2) is 6.87. The van der Waals surface area contributed by atoms with Gasteiger partial charge in [-0.15, -0.1) is 0 Å². The first-order chi connectivity index (χ1) is 10.2. The molecule has 2 bridgehead atoms. The summed E-state index contributed by atoms with van der Waals surface area (Å²) >= 11 is 0. The first-order valence-electron chi connectivity index (χ1n) is 8.20. The average molecular weight is 304 g/mol. The molecule has 0 spiro atoms. The van der Waals surface area contributed by atoms with Crippen molar-refractivity contribution in [1.29, 1.82) is 0 Å². The Labute approximate surface area is 129 Å². The van der Waals surface area contributed by atoms with Crippen molar-refractivity contribution in [2.45, 2.75) is 61.9 Å². The summed E-state index contributed by atoms with van der Waals surface area (Å²) in [5.74, 6) is 0.605. The summed E-state index contributed by atoms with van der Waals surface area (Å²) in [6.07, 6.45) is 7.71. The third kappa shape index (κ3) is 3.63. The number of aryl methyl sites for hydroxylation is 1. The van der Waals surface area contributed by atoms with E-state index in [1.165, 1.54) is 12.0 Å². The number of Topliss-reactive ketones (excluding diaryl/α,β-unsaturated/α-hetero) is 1. The Hall–Kier alpha value is -0.960. The van der Waals surface area contributed by atoms with Crippen molar-refractivity contribution in [2.24, 2.45) is 5.92 Å². The van der Waals surface area contributed by atoms with Gasteiger partial charge in [0, 0.05) is 33.6 Å². The molecule has 0 saturated carbocycles. The van der Waals surface area contributed by atoms with Gasteiger partial charge in [-0.05, 0) is 44.1 Å². The monoisotopic (exact) mass is 304 g/mol. The zero-order chi connectivity index (χ0) is 14.7. The van der Waals surface area contributed by atoms with Crippen LogP contribution in [0.4, 0.5) is 0 Å². The van der Waals surface area contributed by atoms with Gasteiger partial charge in [0.15, 0.2) is 0 Å². The number of carbonyl (C=O) groups is 1. The zero-order valence-electron chi connectivity index (χ0n) is 12.5. The van der Waals surface area contributed by atoms with Crippen LogP contribution in [0.25, 0.3) is 0 Å². The second-order valence-corrected chi connectivity index (χ2v) is 8.47. The van der Waals surface area contributed by atoms with Crippen LogP contribution in [0.3, 0.4) is 0 Å². The van der Waals surface area contributed by atoms with E-state index in [0.717, 1.165) is 38.5 Å². The van der Waals surface area contributed by atoms with Crippen LogP contribution in [-0.4, -0.2) is 20.5 Å². The highest BCUT2D eigenvalue weighted by Crippen LogP contribution is 2.37. The van der Waals surface area contributed by atoms with E-state index in [0.29, 0.717) is 22.7 Å². The van der Waals surface area contributed by atoms with Crippen molar-refractivity contribution >= 4 is 16.6 Å². The molecule has 2 nitrogen and oxygen atoms in total. The smallest absolute Gasteiger partial charge is 0.136 e. The highest BCUT2D eigenvalue weighted by Gasteiger charge is 2.39. The van der Waals surface area contributed by atoms with Gasteiger partial charge in [0.1, 0.15) is 5.78 Å². The van der Waals surface area contributed by atoms with Crippen LogP contribution >= 0.6 is 0 Å². The van der Waals surface area contributed by atoms with Crippen molar-refractivity contribution < 1.29 is 9.00 Å². The molecule has 2 fully saturated rings. The van der Waals surface area contributed by atoms with E-state index in [-0.39, 0.29) is 5.92 Å². The van der Waals surface area contributed by atoms with E-state index in [9.17, 15) is 9.00 Å². The molecule has 1 aromatic carbocycles. The molecule has 0 radical (unpaired) electrons. The molecule has 2 aliphatic rings. The molecule has 0 amide bonds. The van der Waals surface area contributed by atoms with Gasteiger partial charge in [0.05, 0.1) is 0 Å². The highest BCUT2D eigenvalue weighted by molar-refractivity contribution is 7.86. The molecule has 3 rings (SSSR count). The lowest BCUT2D eigenvalue weighted by molar-refractivity contribution is -0.123. The summed E-state index contributed by atoms with van der Waals surface area (Å²) in [7, 11) is -0.661. The van der Waals surface area contributed by atoms with Gasteiger partial charge < -0.3 is 0 Å². The van der Waals surface area contributed by atoms with E-state index >= 15 is 0 Å². The lowest BCUT2D eigenvalue weighted by atomic mass is 9.85. The predicted molar refractivity (Wildman–Crippen MR) is 86.7 cm³/mol. The molecule has 3 heteroatoms. The lowest BCUT2D eigenvalue weighted by Gasteiger charge is -2.37. The Morgan fingerprint density at radius 2 is 1.76 bits per heavy atom. The summed E-state index contributed by atoms with van der Waals surface area (Å²) in [5, 5.41) is 0.612. The maximum atomic E-state index is 12.4. The summed E-state index contributed by atoms with van der Waals surface area (Å²) in [5.41, 5.74) is 1.31. The molecule has 2 unspecified atom stereocenters. The van der Waals surface area contributed by atoms with Crippen LogP contribution in [-0.2, 0) is 22.0 Å². The van der Waals surface area contributed by atoms with Crippen molar-refractivity contribution in [3.63, 3.8) is 0 Å². The largest absolute Gasteiger partial charge is 0.299 e. The predicted octanol–water partition coefficient (Wildman–Crippen LogP) is 3.66. The Morgan fingerprint density at radius 3 is 2.43 bits per heavy atom. The quantitative estimate of drug-likeness (QED) is 0.832. The molecular weight excluding hydrogens is 280 g/mol. The lowest BCUT2D eigenvalue weighted by Crippen LogP contribution is -2.41. The van der Waals surface area contributed by atoms with Crippen molar-refractivity contribution in [2.75, 3.05) is 0 Å². The Morgan fingerprint density at radius 1 is 1.10 bits per heavy atom. The van der Waals surface area contributed by atoms with Gasteiger partial charge in [-0.25, -0.2) is 0 Å². The third-order valence-corrected chi connectivity index (χ3v) is 7.16. The Bertz CT molecular complexity index is 495. The summed E-state index contributed by atoms with van der Waals surface area (Å²) in [6.45, 7) is 0. The van der Waals surface area contributed by atoms with Gasteiger partial charge in [0.2, 0.25) is 0 Å². The molecular formula is C18H24O2S. The van der Waals surface area contributed by atoms with E-state index in [4.69, 9.17) is 0 Å². The van der Waals surface area contributed by atoms with Crippen LogP contribution in [0, 0.1) is 5.92 Å². The number of ketones is 1. The van der Waals surface area contributed by atoms with E-state index in [1.54, 1.807) is 0 Å². The van der Waals surface area contributed by atoms with Gasteiger partial charge in [-0.1, -0.05) is 36.8 Å². The zero-order valence-corrected chi connectivity index (χ0v) is 13.3. The molecule has 2 saturated heterocycles. The molecule has 2 heterocycles. The average Bonchev–Trinajstić information content (AvgIpc) is 2.48. The number of fused-ring (bicyclic) bond motifs is 2. The van der Waals surface area contributed by atoms with Gasteiger partial charge >= 0.3 is 0 Å². The number of benzene rings is 1. The van der Waals surface area contributed by atoms with E-state index < -0.39 is 10.8 Å². The molecule has 2 atom stereocenters. The van der Waals surface area contributed by atoms with Crippen LogP contribution < -0.4 is 0 Å². The normalized spacial score (nSPS) is 31.8. The van der Waals surface area contributed by atoms with Gasteiger partial charge in [0.25, 0.3) is 0 Å². The summed E-state index contributed by atoms with van der Waals surface area (Å²) in [6, 6.07) is 10.4. The minimum atomic E-state index is -0.661. The molecule has 0 aromatic heterocycles. The number of carbonyl (C=O) groups excluding carboxylic acids is 1. The Balaban J connectivity index is 1.49.